The van der Waals surface area contributed by atoms with E-state index in [-0.39, 0.29) is 12.1 Å². The van der Waals surface area contributed by atoms with E-state index in [1.807, 2.05) is 0 Å². The van der Waals surface area contributed by atoms with Gasteiger partial charge in [0.15, 0.2) is 12.2 Å². The number of cyclic esters (lactones) is 1. The van der Waals surface area contributed by atoms with Crippen molar-refractivity contribution in [3.63, 3.8) is 0 Å². The van der Waals surface area contributed by atoms with E-state index in [4.69, 9.17) is 9.47 Å². The van der Waals surface area contributed by atoms with Crippen molar-refractivity contribution in [1.82, 2.24) is 0 Å². The highest BCUT2D eigenvalue weighted by atomic mass is 16.6. The smallest absolute Gasteiger partial charge is 0.347 e. The first kappa shape index (κ1) is 7.12. The van der Waals surface area contributed by atoms with Crippen molar-refractivity contribution >= 4 is 5.97 Å². The minimum Gasteiger partial charge on any atom is -0.480 e. The molecule has 0 N–H and O–H groups in total. The van der Waals surface area contributed by atoms with Crippen LogP contribution in [0.3, 0.4) is 0 Å². The lowest BCUT2D eigenvalue weighted by atomic mass is 10.3. The van der Waals surface area contributed by atoms with E-state index in [9.17, 15) is 4.79 Å². The summed E-state index contributed by atoms with van der Waals surface area (Å²) in [5.74, 6) is 0.201. The van der Waals surface area contributed by atoms with Gasteiger partial charge in [0, 0.05) is 0 Å². The quantitative estimate of drug-likeness (QED) is 0.470. The molecule has 3 nitrogen and oxygen atoms in total. The lowest BCUT2D eigenvalue weighted by Gasteiger charge is -2.26. The molecule has 0 radical (unpaired) electrons. The molecule has 10 heavy (non-hydrogen) atoms. The molecule has 3 heteroatoms. The fourth-order valence-electron chi connectivity index (χ4n) is 0.707. The zero-order chi connectivity index (χ0) is 7.72. The van der Waals surface area contributed by atoms with Gasteiger partial charge in [-0.15, -0.1) is 0 Å². The van der Waals surface area contributed by atoms with Crippen molar-refractivity contribution in [3.05, 3.63) is 12.3 Å². The summed E-state index contributed by atoms with van der Waals surface area (Å²) in [4.78, 5) is 10.8. The van der Waals surface area contributed by atoms with Crippen molar-refractivity contribution in [3.8, 4) is 0 Å². The third-order valence-corrected chi connectivity index (χ3v) is 1.41. The molecule has 0 unspecified atom stereocenters. The topological polar surface area (TPSA) is 35.5 Å². The molecule has 56 valence electrons. The molecule has 0 aromatic carbocycles. The van der Waals surface area contributed by atoms with Gasteiger partial charge in [-0.2, -0.15) is 0 Å². The fourth-order valence-corrected chi connectivity index (χ4v) is 0.707. The first-order valence-corrected chi connectivity index (χ1v) is 3.17. The molecule has 2 atom stereocenters. The lowest BCUT2D eigenvalue weighted by Crippen LogP contribution is -2.34. The van der Waals surface area contributed by atoms with E-state index in [2.05, 4.69) is 6.58 Å². The second-order valence-electron chi connectivity index (χ2n) is 2.31. The number of carbonyl (C=O) groups excluding carboxylic acids is 1. The summed E-state index contributed by atoms with van der Waals surface area (Å²) in [6.45, 7) is 6.95. The Morgan fingerprint density at radius 1 is 1.30 bits per heavy atom. The zero-order valence-corrected chi connectivity index (χ0v) is 6.09. The van der Waals surface area contributed by atoms with Crippen LogP contribution in [0, 0.1) is 0 Å². The van der Waals surface area contributed by atoms with E-state index in [1.165, 1.54) is 0 Å². The van der Waals surface area contributed by atoms with Crippen LogP contribution in [0.25, 0.3) is 0 Å². The summed E-state index contributed by atoms with van der Waals surface area (Å²) in [6.07, 6.45) is -0.799. The molecule has 0 bridgehead atoms. The van der Waals surface area contributed by atoms with Crippen molar-refractivity contribution in [2.75, 3.05) is 0 Å². The molecule has 0 aromatic rings. The molecule has 1 aliphatic rings. The van der Waals surface area contributed by atoms with Gasteiger partial charge in [-0.05, 0) is 13.8 Å². The van der Waals surface area contributed by atoms with Crippen LogP contribution >= 0.6 is 0 Å². The lowest BCUT2D eigenvalue weighted by molar-refractivity contribution is -0.168. The first-order chi connectivity index (χ1) is 4.61. The first-order valence-electron chi connectivity index (χ1n) is 3.17. The van der Waals surface area contributed by atoms with E-state index in [0.717, 1.165) is 0 Å². The highest BCUT2D eigenvalue weighted by Gasteiger charge is 2.27. The molecule has 0 amide bonds. The molecule has 1 heterocycles. The second-order valence-corrected chi connectivity index (χ2v) is 2.31. The summed E-state index contributed by atoms with van der Waals surface area (Å²) in [6, 6.07) is 0. The molecule has 1 saturated heterocycles. The van der Waals surface area contributed by atoms with Crippen LogP contribution in [0.1, 0.15) is 13.8 Å². The van der Waals surface area contributed by atoms with Gasteiger partial charge in [0.1, 0.15) is 5.76 Å². The standard InChI is InChI=1S/C7H10O3/c1-4-5(2)10-7(8)6(3)9-4/h5-6H,1H2,2-3H3/t5-,6+/m0/s1. The van der Waals surface area contributed by atoms with E-state index in [0.29, 0.717) is 5.76 Å². The Hall–Kier alpha value is -0.990. The molecule has 0 spiro atoms. The average Bonchev–Trinajstić information content (AvgIpc) is 1.84. The van der Waals surface area contributed by atoms with E-state index >= 15 is 0 Å². The zero-order valence-electron chi connectivity index (χ0n) is 6.09. The van der Waals surface area contributed by atoms with Crippen LogP contribution in [0.5, 0.6) is 0 Å². The minimum atomic E-state index is -0.497. The van der Waals surface area contributed by atoms with Crippen molar-refractivity contribution in [2.45, 2.75) is 26.1 Å². The maximum absolute atomic E-state index is 10.8. The molecule has 0 aliphatic carbocycles. The number of ether oxygens (including phenoxy) is 2. The maximum Gasteiger partial charge on any atom is 0.347 e. The summed E-state index contributed by atoms with van der Waals surface area (Å²) in [5, 5.41) is 0. The molecule has 1 rings (SSSR count). The monoisotopic (exact) mass is 142 g/mol. The highest BCUT2D eigenvalue weighted by Crippen LogP contribution is 2.16. The average molecular weight is 142 g/mol. The third-order valence-electron chi connectivity index (χ3n) is 1.41. The van der Waals surface area contributed by atoms with Crippen molar-refractivity contribution in [2.24, 2.45) is 0 Å². The summed E-state index contributed by atoms with van der Waals surface area (Å²) < 4.78 is 9.89. The normalized spacial score (nSPS) is 33.0. The number of rotatable bonds is 0. The Kier molecular flexibility index (Phi) is 1.66. The van der Waals surface area contributed by atoms with Gasteiger partial charge in [-0.1, -0.05) is 6.58 Å². The van der Waals surface area contributed by atoms with E-state index < -0.39 is 6.10 Å². The molecule has 1 aliphatic heterocycles. The van der Waals surface area contributed by atoms with Gasteiger partial charge < -0.3 is 9.47 Å². The van der Waals surface area contributed by atoms with Crippen LogP contribution in [-0.2, 0) is 14.3 Å². The molecular weight excluding hydrogens is 132 g/mol. The van der Waals surface area contributed by atoms with Gasteiger partial charge >= 0.3 is 5.97 Å². The minimum absolute atomic E-state index is 0.302. The van der Waals surface area contributed by atoms with Crippen molar-refractivity contribution in [1.29, 1.82) is 0 Å². The maximum atomic E-state index is 10.8. The number of esters is 1. The predicted octanol–water partition coefficient (Wildman–Crippen LogP) is 0.850. The SMILES string of the molecule is C=C1O[C@H](C)C(=O)O[C@H]1C. The molecule has 1 fully saturated rings. The van der Waals surface area contributed by atoms with Crippen LogP contribution in [0.4, 0.5) is 0 Å². The fraction of sp³-hybridized carbons (Fsp3) is 0.571. The Balaban J connectivity index is 2.63. The van der Waals surface area contributed by atoms with E-state index in [1.54, 1.807) is 13.8 Å². The number of hydrogen-bond acceptors (Lipinski definition) is 3. The number of carbonyl (C=O) groups is 1. The summed E-state index contributed by atoms with van der Waals surface area (Å²) in [7, 11) is 0. The second kappa shape index (κ2) is 2.33. The van der Waals surface area contributed by atoms with Gasteiger partial charge in [-0.3, -0.25) is 0 Å². The molecule has 0 aromatic heterocycles. The van der Waals surface area contributed by atoms with Crippen LogP contribution in [-0.4, -0.2) is 18.2 Å². The van der Waals surface area contributed by atoms with Crippen LogP contribution in [0.2, 0.25) is 0 Å². The predicted molar refractivity (Wildman–Crippen MR) is 35.2 cm³/mol. The van der Waals surface area contributed by atoms with Crippen molar-refractivity contribution < 1.29 is 14.3 Å². The Morgan fingerprint density at radius 2 is 1.90 bits per heavy atom. The Labute approximate surface area is 59.6 Å². The van der Waals surface area contributed by atoms with Gasteiger partial charge in [-0.25, -0.2) is 4.79 Å². The highest BCUT2D eigenvalue weighted by molar-refractivity contribution is 5.75. The van der Waals surface area contributed by atoms with Gasteiger partial charge in [0.25, 0.3) is 0 Å². The third kappa shape index (κ3) is 1.12. The van der Waals surface area contributed by atoms with Gasteiger partial charge in [0.2, 0.25) is 0 Å². The largest absolute Gasteiger partial charge is 0.480 e. The molecule has 0 saturated carbocycles. The Morgan fingerprint density at radius 3 is 2.40 bits per heavy atom. The summed E-state index contributed by atoms with van der Waals surface area (Å²) in [5.41, 5.74) is 0. The van der Waals surface area contributed by atoms with Crippen LogP contribution in [0.15, 0.2) is 12.3 Å². The summed E-state index contributed by atoms with van der Waals surface area (Å²) >= 11 is 0. The van der Waals surface area contributed by atoms with Crippen LogP contribution < -0.4 is 0 Å². The van der Waals surface area contributed by atoms with Gasteiger partial charge in [0.05, 0.1) is 0 Å². The molecular formula is C7H10O3. The number of hydrogen-bond donors (Lipinski definition) is 0. The Bertz CT molecular complexity index is 154.